The summed E-state index contributed by atoms with van der Waals surface area (Å²) in [6.07, 6.45) is 0. The van der Waals surface area contributed by atoms with Crippen molar-refractivity contribution in [3.8, 4) is 0 Å². The van der Waals surface area contributed by atoms with Crippen LogP contribution in [0.5, 0.6) is 0 Å². The molecule has 0 unspecified atom stereocenters. The van der Waals surface area contributed by atoms with Crippen molar-refractivity contribution in [2.24, 2.45) is 0 Å². The van der Waals surface area contributed by atoms with Gasteiger partial charge in [-0.3, -0.25) is 24.1 Å². The number of hydrogen-bond acceptors (Lipinski definition) is 5. The number of thioether (sulfide) groups is 1. The fraction of sp³-hybridized carbons (Fsp3) is 0.231. The molecule has 1 aromatic carbocycles. The van der Waals surface area contributed by atoms with Crippen LogP contribution in [-0.2, 0) is 14.4 Å². The van der Waals surface area contributed by atoms with Crippen molar-refractivity contribution in [2.75, 3.05) is 24.2 Å². The fourth-order valence-electron chi connectivity index (χ4n) is 1.68. The lowest BCUT2D eigenvalue weighted by Crippen LogP contribution is -2.41. The van der Waals surface area contributed by atoms with Gasteiger partial charge in [-0.05, 0) is 46.9 Å². The Morgan fingerprint density at radius 3 is 2.45 bits per heavy atom. The zero-order chi connectivity index (χ0) is 16.1. The number of hydrogen-bond donors (Lipinski definition) is 2. The van der Waals surface area contributed by atoms with E-state index in [2.05, 4.69) is 33.2 Å². The number of carbonyl (C=O) groups excluding carboxylic acids is 4. The molecule has 2 rings (SSSR count). The van der Waals surface area contributed by atoms with Crippen LogP contribution < -0.4 is 10.6 Å². The highest BCUT2D eigenvalue weighted by molar-refractivity contribution is 14.1. The van der Waals surface area contributed by atoms with Crippen molar-refractivity contribution in [1.29, 1.82) is 0 Å². The van der Waals surface area contributed by atoms with Crippen LogP contribution in [0.3, 0.4) is 0 Å². The van der Waals surface area contributed by atoms with Crippen LogP contribution in [0.2, 0.25) is 0 Å². The first-order chi connectivity index (χ1) is 10.5. The van der Waals surface area contributed by atoms with E-state index in [1.54, 1.807) is 24.3 Å². The maximum Gasteiger partial charge on any atom is 0.313 e. The van der Waals surface area contributed by atoms with E-state index in [0.29, 0.717) is 5.69 Å². The van der Waals surface area contributed by atoms with Crippen LogP contribution in [0.25, 0.3) is 0 Å². The monoisotopic (exact) mass is 433 g/mol. The maximum absolute atomic E-state index is 11.7. The van der Waals surface area contributed by atoms with Gasteiger partial charge in [-0.25, -0.2) is 0 Å². The first-order valence-electron chi connectivity index (χ1n) is 6.29. The van der Waals surface area contributed by atoms with Gasteiger partial charge in [0.25, 0.3) is 5.24 Å². The summed E-state index contributed by atoms with van der Waals surface area (Å²) in [5.41, 5.74) is 0.516. The van der Waals surface area contributed by atoms with E-state index in [-0.39, 0.29) is 30.0 Å². The molecule has 7 nitrogen and oxygen atoms in total. The first kappa shape index (κ1) is 16.7. The fourth-order valence-corrected chi connectivity index (χ4v) is 2.79. The summed E-state index contributed by atoms with van der Waals surface area (Å²) in [7, 11) is 0. The Balaban J connectivity index is 1.77. The summed E-state index contributed by atoms with van der Waals surface area (Å²) in [5, 5.41) is 4.50. The van der Waals surface area contributed by atoms with E-state index in [0.717, 1.165) is 20.2 Å². The third-order valence-electron chi connectivity index (χ3n) is 2.77. The van der Waals surface area contributed by atoms with E-state index in [9.17, 15) is 19.2 Å². The second kappa shape index (κ2) is 7.58. The summed E-state index contributed by atoms with van der Waals surface area (Å²) in [6.45, 7) is 0.101. The smallest absolute Gasteiger partial charge is 0.313 e. The Kier molecular flexibility index (Phi) is 5.77. The molecule has 1 fully saturated rings. The Morgan fingerprint density at radius 2 is 1.86 bits per heavy atom. The number of anilines is 1. The van der Waals surface area contributed by atoms with Crippen LogP contribution in [0, 0.1) is 3.57 Å². The predicted octanol–water partition coefficient (Wildman–Crippen LogP) is 1.04. The number of benzene rings is 1. The molecule has 1 aliphatic rings. The number of carbonyl (C=O) groups is 4. The van der Waals surface area contributed by atoms with Crippen molar-refractivity contribution < 1.29 is 19.2 Å². The van der Waals surface area contributed by atoms with Crippen molar-refractivity contribution >= 4 is 63.0 Å². The van der Waals surface area contributed by atoms with E-state index in [4.69, 9.17) is 0 Å². The van der Waals surface area contributed by atoms with Gasteiger partial charge in [0.1, 0.15) is 0 Å². The molecule has 1 heterocycles. The Hall–Kier alpha value is -1.62. The quantitative estimate of drug-likeness (QED) is 0.547. The third-order valence-corrected chi connectivity index (χ3v) is 4.35. The number of nitrogens with one attached hydrogen (secondary N) is 2. The zero-order valence-electron chi connectivity index (χ0n) is 11.3. The highest BCUT2D eigenvalue weighted by Crippen LogP contribution is 2.17. The molecule has 116 valence electrons. The minimum Gasteiger partial charge on any atom is -0.346 e. The first-order valence-corrected chi connectivity index (χ1v) is 8.35. The molecule has 0 spiro atoms. The molecule has 1 saturated heterocycles. The Morgan fingerprint density at radius 1 is 1.18 bits per heavy atom. The van der Waals surface area contributed by atoms with Gasteiger partial charge in [0.05, 0.1) is 5.75 Å². The molecule has 22 heavy (non-hydrogen) atoms. The molecule has 0 aliphatic carbocycles. The minimum atomic E-state index is -0.815. The molecule has 1 aliphatic heterocycles. The van der Waals surface area contributed by atoms with Gasteiger partial charge in [-0.2, -0.15) is 0 Å². The largest absolute Gasteiger partial charge is 0.346 e. The molecule has 0 aromatic heterocycles. The Bertz CT molecular complexity index is 604. The lowest BCUT2D eigenvalue weighted by Gasteiger charge is -2.13. The average Bonchev–Trinajstić information content (AvgIpc) is 2.81. The molecule has 0 atom stereocenters. The van der Waals surface area contributed by atoms with E-state index in [1.807, 2.05) is 0 Å². The summed E-state index contributed by atoms with van der Waals surface area (Å²) >= 11 is 3.06. The summed E-state index contributed by atoms with van der Waals surface area (Å²) in [4.78, 5) is 47.1. The van der Waals surface area contributed by atoms with E-state index in [1.165, 1.54) is 0 Å². The van der Waals surface area contributed by atoms with Crippen LogP contribution in [0.1, 0.15) is 0 Å². The molecule has 0 bridgehead atoms. The lowest BCUT2D eigenvalue weighted by atomic mass is 10.3. The number of rotatable bonds is 4. The highest BCUT2D eigenvalue weighted by Gasteiger charge is 2.29. The topological polar surface area (TPSA) is 95.6 Å². The zero-order valence-corrected chi connectivity index (χ0v) is 14.3. The van der Waals surface area contributed by atoms with Gasteiger partial charge in [-0.15, -0.1) is 0 Å². The molecular formula is C13H12IN3O4S. The molecule has 0 radical (unpaired) electrons. The number of nitrogens with zero attached hydrogens (tertiary/aromatic N) is 1. The predicted molar refractivity (Wildman–Crippen MR) is 90.4 cm³/mol. The summed E-state index contributed by atoms with van der Waals surface area (Å²) in [5.74, 6) is -1.77. The van der Waals surface area contributed by atoms with Crippen LogP contribution >= 0.6 is 34.4 Å². The normalized spacial score (nSPS) is 14.1. The standard InChI is InChI=1S/C13H12IN3O4S/c14-8-1-3-9(4-2-8)16-12(20)11(19)15-5-6-17-10(18)7-22-13(17)21/h1-4H,5-7H2,(H,15,19)(H,16,20). The minimum absolute atomic E-state index is 0.0387. The van der Waals surface area contributed by atoms with Crippen LogP contribution in [0.15, 0.2) is 24.3 Å². The number of amides is 4. The van der Waals surface area contributed by atoms with Gasteiger partial charge in [0.15, 0.2) is 0 Å². The summed E-state index contributed by atoms with van der Waals surface area (Å²) < 4.78 is 1.01. The molecule has 1 aromatic rings. The number of halogens is 1. The van der Waals surface area contributed by atoms with Crippen molar-refractivity contribution in [2.45, 2.75) is 0 Å². The van der Waals surface area contributed by atoms with Gasteiger partial charge >= 0.3 is 11.8 Å². The van der Waals surface area contributed by atoms with Gasteiger partial charge < -0.3 is 10.6 Å². The Labute approximate surface area is 144 Å². The average molecular weight is 433 g/mol. The molecular weight excluding hydrogens is 421 g/mol. The van der Waals surface area contributed by atoms with Crippen LogP contribution in [0.4, 0.5) is 10.5 Å². The summed E-state index contributed by atoms with van der Waals surface area (Å²) in [6, 6.07) is 6.98. The van der Waals surface area contributed by atoms with Crippen molar-refractivity contribution in [3.63, 3.8) is 0 Å². The van der Waals surface area contributed by atoms with Gasteiger partial charge in [-0.1, -0.05) is 11.8 Å². The van der Waals surface area contributed by atoms with Crippen molar-refractivity contribution in [3.05, 3.63) is 27.8 Å². The van der Waals surface area contributed by atoms with Crippen LogP contribution in [-0.4, -0.2) is 46.7 Å². The molecule has 0 saturated carbocycles. The second-order valence-corrected chi connectivity index (χ2v) is 6.49. The van der Waals surface area contributed by atoms with E-state index >= 15 is 0 Å². The van der Waals surface area contributed by atoms with Crippen molar-refractivity contribution in [1.82, 2.24) is 10.2 Å². The van der Waals surface area contributed by atoms with Gasteiger partial charge in [0.2, 0.25) is 5.91 Å². The van der Waals surface area contributed by atoms with E-state index < -0.39 is 11.8 Å². The second-order valence-electron chi connectivity index (χ2n) is 4.32. The molecule has 4 amide bonds. The lowest BCUT2D eigenvalue weighted by molar-refractivity contribution is -0.136. The third kappa shape index (κ3) is 4.44. The SMILES string of the molecule is O=C(NCCN1C(=O)CSC1=O)C(=O)Nc1ccc(I)cc1. The number of imide groups is 1. The maximum atomic E-state index is 11.7. The molecule has 2 N–H and O–H groups in total. The highest BCUT2D eigenvalue weighted by atomic mass is 127. The molecule has 9 heteroatoms. The van der Waals surface area contributed by atoms with Gasteiger partial charge in [0, 0.05) is 22.3 Å².